The average Bonchev–Trinajstić information content (AvgIpc) is 3.56. The van der Waals surface area contributed by atoms with Crippen LogP contribution < -0.4 is 16.0 Å². The van der Waals surface area contributed by atoms with Crippen molar-refractivity contribution in [2.75, 3.05) is 26.2 Å². The molecule has 2 fully saturated rings. The largest absolute Gasteiger partial charge is 0.353 e. The number of hydrogen-bond donors (Lipinski definition) is 3. The van der Waals surface area contributed by atoms with Gasteiger partial charge in [-0.3, -0.25) is 19.2 Å². The molecular formula is C20H24Cl2N4O4. The summed E-state index contributed by atoms with van der Waals surface area (Å²) in [5.74, 6) is -0.880. The zero-order valence-corrected chi connectivity index (χ0v) is 17.9. The van der Waals surface area contributed by atoms with Crippen LogP contribution in [-0.2, 0) is 14.4 Å². The molecule has 10 heteroatoms. The standard InChI is InChI=1S/C20H24Cl2N4O4/c21-13-3-4-15(16(22)9-13)20(30)24-10-17(27)23-11-18(28)26-7-5-14(6-8-26)25-19(29)12-1-2-12/h3-4,9,12,14H,1-2,5-8,10-11H2,(H,23,27)(H,24,30)(H,25,29). The highest BCUT2D eigenvalue weighted by Gasteiger charge is 2.32. The Balaban J connectivity index is 1.34. The molecule has 2 aliphatic rings. The van der Waals surface area contributed by atoms with Crippen molar-refractivity contribution in [1.29, 1.82) is 0 Å². The van der Waals surface area contributed by atoms with Crippen LogP contribution in [0.15, 0.2) is 18.2 Å². The molecule has 0 atom stereocenters. The predicted octanol–water partition coefficient (Wildman–Crippen LogP) is 1.36. The molecule has 4 amide bonds. The van der Waals surface area contributed by atoms with E-state index in [4.69, 9.17) is 23.2 Å². The van der Waals surface area contributed by atoms with Crippen molar-refractivity contribution < 1.29 is 19.2 Å². The minimum Gasteiger partial charge on any atom is -0.353 e. The van der Waals surface area contributed by atoms with Crippen LogP contribution in [-0.4, -0.2) is 60.7 Å². The Morgan fingerprint density at radius 1 is 0.967 bits per heavy atom. The van der Waals surface area contributed by atoms with Gasteiger partial charge in [0.15, 0.2) is 0 Å². The van der Waals surface area contributed by atoms with Crippen molar-refractivity contribution in [3.8, 4) is 0 Å². The number of piperidine rings is 1. The van der Waals surface area contributed by atoms with Gasteiger partial charge < -0.3 is 20.9 Å². The lowest BCUT2D eigenvalue weighted by atomic mass is 10.0. The van der Waals surface area contributed by atoms with Gasteiger partial charge in [-0.1, -0.05) is 23.2 Å². The Morgan fingerprint density at radius 3 is 2.30 bits per heavy atom. The van der Waals surface area contributed by atoms with Gasteiger partial charge >= 0.3 is 0 Å². The second-order valence-electron chi connectivity index (χ2n) is 7.52. The number of hydrogen-bond acceptors (Lipinski definition) is 4. The van der Waals surface area contributed by atoms with E-state index in [2.05, 4.69) is 16.0 Å². The van der Waals surface area contributed by atoms with Crippen molar-refractivity contribution in [2.45, 2.75) is 31.7 Å². The maximum atomic E-state index is 12.3. The third-order valence-corrected chi connectivity index (χ3v) is 5.71. The SMILES string of the molecule is O=C(CNC(=O)c1ccc(Cl)cc1Cl)NCC(=O)N1CCC(NC(=O)C2CC2)CC1. The van der Waals surface area contributed by atoms with Crippen molar-refractivity contribution in [1.82, 2.24) is 20.9 Å². The lowest BCUT2D eigenvalue weighted by Crippen LogP contribution is -2.49. The Bertz CT molecular complexity index is 836. The van der Waals surface area contributed by atoms with Crippen LogP contribution in [0.3, 0.4) is 0 Å². The number of nitrogens with zero attached hydrogens (tertiary/aromatic N) is 1. The second-order valence-corrected chi connectivity index (χ2v) is 8.37. The van der Waals surface area contributed by atoms with Gasteiger partial charge in [-0.15, -0.1) is 0 Å². The highest BCUT2D eigenvalue weighted by molar-refractivity contribution is 6.36. The summed E-state index contributed by atoms with van der Waals surface area (Å²) in [6.45, 7) is 0.655. The van der Waals surface area contributed by atoms with Gasteiger partial charge in [0, 0.05) is 30.1 Å². The van der Waals surface area contributed by atoms with E-state index in [1.807, 2.05) is 0 Å². The summed E-state index contributed by atoms with van der Waals surface area (Å²) in [5.41, 5.74) is 0.210. The van der Waals surface area contributed by atoms with Gasteiger partial charge in [0.2, 0.25) is 17.7 Å². The lowest BCUT2D eigenvalue weighted by molar-refractivity contribution is -0.133. The lowest BCUT2D eigenvalue weighted by Gasteiger charge is -2.32. The summed E-state index contributed by atoms with van der Waals surface area (Å²) in [7, 11) is 0. The van der Waals surface area contributed by atoms with Gasteiger partial charge in [-0.05, 0) is 43.9 Å². The summed E-state index contributed by atoms with van der Waals surface area (Å²) in [4.78, 5) is 49.8. The van der Waals surface area contributed by atoms with Crippen molar-refractivity contribution in [3.63, 3.8) is 0 Å². The van der Waals surface area contributed by atoms with Gasteiger partial charge in [0.05, 0.1) is 23.7 Å². The third-order valence-electron chi connectivity index (χ3n) is 5.16. The molecule has 1 aliphatic heterocycles. The number of amides is 4. The van der Waals surface area contributed by atoms with Crippen LogP contribution in [0.2, 0.25) is 10.0 Å². The minimum absolute atomic E-state index is 0.103. The first kappa shape index (κ1) is 22.4. The molecule has 1 saturated carbocycles. The Labute approximate surface area is 184 Å². The van der Waals surface area contributed by atoms with E-state index in [1.165, 1.54) is 18.2 Å². The van der Waals surface area contributed by atoms with Crippen molar-refractivity contribution in [3.05, 3.63) is 33.8 Å². The summed E-state index contributed by atoms with van der Waals surface area (Å²) < 4.78 is 0. The highest BCUT2D eigenvalue weighted by Crippen LogP contribution is 2.29. The fraction of sp³-hybridized carbons (Fsp3) is 0.500. The molecule has 1 aromatic rings. The fourth-order valence-corrected chi connectivity index (χ4v) is 3.71. The maximum absolute atomic E-state index is 12.3. The van der Waals surface area contributed by atoms with E-state index in [-0.39, 0.29) is 47.4 Å². The van der Waals surface area contributed by atoms with Gasteiger partial charge in [0.25, 0.3) is 5.91 Å². The summed E-state index contributed by atoms with van der Waals surface area (Å²) in [6, 6.07) is 4.54. The Hall–Kier alpha value is -2.32. The first-order valence-electron chi connectivity index (χ1n) is 9.91. The molecule has 1 saturated heterocycles. The molecule has 1 aliphatic carbocycles. The fourth-order valence-electron chi connectivity index (χ4n) is 3.22. The Morgan fingerprint density at radius 2 is 1.67 bits per heavy atom. The molecule has 8 nitrogen and oxygen atoms in total. The zero-order valence-electron chi connectivity index (χ0n) is 16.4. The molecule has 0 unspecified atom stereocenters. The molecular weight excluding hydrogens is 431 g/mol. The zero-order chi connectivity index (χ0) is 21.7. The third kappa shape index (κ3) is 6.34. The molecule has 30 heavy (non-hydrogen) atoms. The highest BCUT2D eigenvalue weighted by atomic mass is 35.5. The first-order valence-corrected chi connectivity index (χ1v) is 10.7. The van der Waals surface area contributed by atoms with Crippen LogP contribution in [0.25, 0.3) is 0 Å². The molecule has 1 aromatic carbocycles. The number of carbonyl (C=O) groups excluding carboxylic acids is 4. The van der Waals surface area contributed by atoms with Crippen LogP contribution in [0.5, 0.6) is 0 Å². The number of nitrogens with one attached hydrogen (secondary N) is 3. The van der Waals surface area contributed by atoms with Crippen molar-refractivity contribution >= 4 is 46.8 Å². The van der Waals surface area contributed by atoms with Gasteiger partial charge in [-0.25, -0.2) is 0 Å². The predicted molar refractivity (Wildman–Crippen MR) is 112 cm³/mol. The molecule has 0 radical (unpaired) electrons. The molecule has 3 rings (SSSR count). The molecule has 3 N–H and O–H groups in total. The van der Waals surface area contributed by atoms with E-state index in [0.717, 1.165) is 12.8 Å². The summed E-state index contributed by atoms with van der Waals surface area (Å²) >= 11 is 11.8. The van der Waals surface area contributed by atoms with Crippen LogP contribution >= 0.6 is 23.2 Å². The molecule has 1 heterocycles. The Kier molecular flexibility index (Phi) is 7.55. The number of halogens is 2. The van der Waals surface area contributed by atoms with Crippen LogP contribution in [0.4, 0.5) is 0 Å². The van der Waals surface area contributed by atoms with E-state index in [0.29, 0.717) is 31.0 Å². The normalized spacial score (nSPS) is 16.7. The monoisotopic (exact) mass is 454 g/mol. The minimum atomic E-state index is -0.506. The molecule has 0 spiro atoms. The molecule has 0 bridgehead atoms. The van der Waals surface area contributed by atoms with Gasteiger partial charge in [0.1, 0.15) is 0 Å². The quantitative estimate of drug-likeness (QED) is 0.577. The van der Waals surface area contributed by atoms with E-state index >= 15 is 0 Å². The second kappa shape index (κ2) is 10.1. The van der Waals surface area contributed by atoms with Crippen molar-refractivity contribution in [2.24, 2.45) is 5.92 Å². The van der Waals surface area contributed by atoms with E-state index in [9.17, 15) is 19.2 Å². The first-order chi connectivity index (χ1) is 14.3. The smallest absolute Gasteiger partial charge is 0.253 e. The number of likely N-dealkylation sites (tertiary alicyclic amines) is 1. The summed E-state index contributed by atoms with van der Waals surface area (Å²) in [6.07, 6.45) is 3.35. The van der Waals surface area contributed by atoms with E-state index < -0.39 is 11.8 Å². The van der Waals surface area contributed by atoms with Crippen LogP contribution in [0.1, 0.15) is 36.0 Å². The average molecular weight is 455 g/mol. The topological polar surface area (TPSA) is 108 Å². The molecule has 0 aromatic heterocycles. The van der Waals surface area contributed by atoms with Crippen LogP contribution in [0, 0.1) is 5.92 Å². The maximum Gasteiger partial charge on any atom is 0.253 e. The number of rotatable bonds is 7. The number of carbonyl (C=O) groups is 4. The number of benzene rings is 1. The van der Waals surface area contributed by atoms with Gasteiger partial charge in [-0.2, -0.15) is 0 Å². The summed E-state index contributed by atoms with van der Waals surface area (Å²) in [5, 5.41) is 8.59. The van der Waals surface area contributed by atoms with E-state index in [1.54, 1.807) is 4.90 Å². The molecule has 162 valence electrons.